The molecule has 0 aliphatic carbocycles. The molecule has 0 aliphatic heterocycles. The highest BCUT2D eigenvalue weighted by molar-refractivity contribution is 6.00. The molecule has 0 saturated carbocycles. The van der Waals surface area contributed by atoms with Crippen molar-refractivity contribution >= 4 is 17.3 Å². The van der Waals surface area contributed by atoms with Crippen molar-refractivity contribution < 1.29 is 9.72 Å². The number of nitrogens with zero attached hydrogens (tertiary/aromatic N) is 2. The van der Waals surface area contributed by atoms with Gasteiger partial charge in [-0.3, -0.25) is 14.9 Å². The van der Waals surface area contributed by atoms with Crippen LogP contribution < -0.4 is 10.2 Å². The van der Waals surface area contributed by atoms with Crippen LogP contribution in [0.15, 0.2) is 42.5 Å². The smallest absolute Gasteiger partial charge is 0.270 e. The number of non-ortho nitro benzene ring substituents is 1. The first-order valence-corrected chi connectivity index (χ1v) is 7.75. The van der Waals surface area contributed by atoms with E-state index in [1.165, 1.54) is 24.7 Å². The summed E-state index contributed by atoms with van der Waals surface area (Å²) in [6.07, 6.45) is 0.985. The normalized spacial score (nSPS) is 10.3. The first-order chi connectivity index (χ1) is 11.5. The predicted molar refractivity (Wildman–Crippen MR) is 94.4 cm³/mol. The van der Waals surface area contributed by atoms with E-state index in [9.17, 15) is 14.9 Å². The number of hydrogen-bond donors (Lipinski definition) is 1. The number of anilines is 1. The summed E-state index contributed by atoms with van der Waals surface area (Å²) in [5.74, 6) is -0.345. The number of nitro groups is 1. The van der Waals surface area contributed by atoms with Crippen LogP contribution in [-0.4, -0.2) is 24.9 Å². The Balaban J connectivity index is 2.31. The summed E-state index contributed by atoms with van der Waals surface area (Å²) >= 11 is 0. The molecule has 0 saturated heterocycles. The number of aryl methyl sites for hydroxylation is 1. The van der Waals surface area contributed by atoms with Crippen LogP contribution in [0.2, 0.25) is 0 Å². The van der Waals surface area contributed by atoms with Crippen molar-refractivity contribution in [2.75, 3.05) is 19.0 Å². The van der Waals surface area contributed by atoms with Crippen LogP contribution in [-0.2, 0) is 13.0 Å². The molecular weight excluding hydrogens is 306 g/mol. The lowest BCUT2D eigenvalue weighted by molar-refractivity contribution is -0.384. The molecule has 0 radical (unpaired) electrons. The molecule has 0 bridgehead atoms. The zero-order valence-corrected chi connectivity index (χ0v) is 14.1. The molecule has 0 aliphatic rings. The van der Waals surface area contributed by atoms with Crippen molar-refractivity contribution in [3.8, 4) is 0 Å². The van der Waals surface area contributed by atoms with Crippen LogP contribution in [0.25, 0.3) is 0 Å². The molecule has 126 valence electrons. The molecule has 1 amide bonds. The van der Waals surface area contributed by atoms with Gasteiger partial charge in [0, 0.05) is 32.8 Å². The van der Waals surface area contributed by atoms with Gasteiger partial charge >= 0.3 is 0 Å². The molecule has 2 aromatic carbocycles. The van der Waals surface area contributed by atoms with Gasteiger partial charge in [-0.2, -0.15) is 0 Å². The molecule has 0 unspecified atom stereocenters. The van der Waals surface area contributed by atoms with Crippen LogP contribution in [0, 0.1) is 10.1 Å². The number of benzene rings is 2. The van der Waals surface area contributed by atoms with E-state index in [0.717, 1.165) is 12.0 Å². The van der Waals surface area contributed by atoms with Crippen molar-refractivity contribution in [3.63, 3.8) is 0 Å². The van der Waals surface area contributed by atoms with Crippen LogP contribution in [0.4, 0.5) is 11.4 Å². The van der Waals surface area contributed by atoms with E-state index >= 15 is 0 Å². The SMILES string of the molecule is CCc1ccc(CN(C)c2ccc([N+](=O)[O-])cc2C(=O)NC)cc1. The molecule has 0 atom stereocenters. The van der Waals surface area contributed by atoms with Gasteiger partial charge in [-0.05, 0) is 23.6 Å². The van der Waals surface area contributed by atoms with Gasteiger partial charge in [0.05, 0.1) is 16.2 Å². The molecule has 6 nitrogen and oxygen atoms in total. The third kappa shape index (κ3) is 3.90. The molecule has 2 rings (SSSR count). The number of nitro benzene ring substituents is 1. The van der Waals surface area contributed by atoms with Gasteiger partial charge in [-0.25, -0.2) is 0 Å². The van der Waals surface area contributed by atoms with Crippen LogP contribution in [0.5, 0.6) is 0 Å². The van der Waals surface area contributed by atoms with Gasteiger partial charge in [0.15, 0.2) is 0 Å². The molecule has 0 aromatic heterocycles. The summed E-state index contributed by atoms with van der Waals surface area (Å²) in [5, 5.41) is 13.5. The van der Waals surface area contributed by atoms with Crippen molar-refractivity contribution in [2.45, 2.75) is 19.9 Å². The fourth-order valence-electron chi connectivity index (χ4n) is 2.53. The highest BCUT2D eigenvalue weighted by Crippen LogP contribution is 2.26. The summed E-state index contributed by atoms with van der Waals surface area (Å²) in [5.41, 5.74) is 3.22. The minimum Gasteiger partial charge on any atom is -0.370 e. The number of amides is 1. The summed E-state index contributed by atoms with van der Waals surface area (Å²) in [6, 6.07) is 12.6. The maximum atomic E-state index is 12.1. The zero-order chi connectivity index (χ0) is 17.7. The molecule has 0 heterocycles. The van der Waals surface area contributed by atoms with Crippen LogP contribution in [0.3, 0.4) is 0 Å². The molecule has 0 spiro atoms. The Hall–Kier alpha value is -2.89. The summed E-state index contributed by atoms with van der Waals surface area (Å²) in [4.78, 5) is 24.5. The van der Waals surface area contributed by atoms with E-state index in [1.807, 2.05) is 11.9 Å². The lowest BCUT2D eigenvalue weighted by atomic mass is 10.1. The molecule has 6 heteroatoms. The fraction of sp³-hybridized carbons (Fsp3) is 0.278. The number of nitrogens with one attached hydrogen (secondary N) is 1. The average Bonchev–Trinajstić information content (AvgIpc) is 2.61. The standard InChI is InChI=1S/C18H21N3O3/c1-4-13-5-7-14(8-6-13)12-20(3)17-10-9-15(21(23)24)11-16(17)18(22)19-2/h5-11H,4,12H2,1-3H3,(H,19,22). The van der Waals surface area contributed by atoms with E-state index < -0.39 is 4.92 Å². The zero-order valence-electron chi connectivity index (χ0n) is 14.1. The second-order valence-corrected chi connectivity index (χ2v) is 5.56. The number of rotatable bonds is 6. The summed E-state index contributed by atoms with van der Waals surface area (Å²) < 4.78 is 0. The fourth-order valence-corrected chi connectivity index (χ4v) is 2.53. The Morgan fingerprint density at radius 3 is 2.33 bits per heavy atom. The topological polar surface area (TPSA) is 75.5 Å². The molecule has 2 aromatic rings. The average molecular weight is 327 g/mol. The van der Waals surface area contributed by atoms with Gasteiger partial charge in [0.1, 0.15) is 0 Å². The Morgan fingerprint density at radius 1 is 1.17 bits per heavy atom. The van der Waals surface area contributed by atoms with Crippen molar-refractivity contribution in [2.24, 2.45) is 0 Å². The van der Waals surface area contributed by atoms with Gasteiger partial charge in [0.2, 0.25) is 0 Å². The lowest BCUT2D eigenvalue weighted by Gasteiger charge is -2.22. The Kier molecular flexibility index (Phi) is 5.52. The minimum atomic E-state index is -0.500. The van der Waals surface area contributed by atoms with Crippen molar-refractivity contribution in [3.05, 3.63) is 69.3 Å². The number of carbonyl (C=O) groups is 1. The number of carbonyl (C=O) groups excluding carboxylic acids is 1. The Morgan fingerprint density at radius 2 is 1.79 bits per heavy atom. The Bertz CT molecular complexity index is 742. The van der Waals surface area contributed by atoms with Crippen LogP contribution in [0.1, 0.15) is 28.4 Å². The maximum Gasteiger partial charge on any atom is 0.270 e. The molecule has 24 heavy (non-hydrogen) atoms. The van der Waals surface area contributed by atoms with E-state index in [4.69, 9.17) is 0 Å². The monoisotopic (exact) mass is 327 g/mol. The summed E-state index contributed by atoms with van der Waals surface area (Å²) in [7, 11) is 3.37. The third-order valence-corrected chi connectivity index (χ3v) is 3.92. The van der Waals surface area contributed by atoms with Gasteiger partial charge in [-0.15, -0.1) is 0 Å². The second kappa shape index (κ2) is 7.59. The highest BCUT2D eigenvalue weighted by atomic mass is 16.6. The van der Waals surface area contributed by atoms with E-state index in [1.54, 1.807) is 6.07 Å². The van der Waals surface area contributed by atoms with Gasteiger partial charge < -0.3 is 10.2 Å². The largest absolute Gasteiger partial charge is 0.370 e. The molecule has 1 N–H and O–H groups in total. The van der Waals surface area contributed by atoms with Crippen LogP contribution >= 0.6 is 0 Å². The minimum absolute atomic E-state index is 0.0990. The lowest BCUT2D eigenvalue weighted by Crippen LogP contribution is -2.24. The first-order valence-electron chi connectivity index (χ1n) is 7.75. The first kappa shape index (κ1) is 17.5. The molecule has 0 fully saturated rings. The van der Waals surface area contributed by atoms with Gasteiger partial charge in [-0.1, -0.05) is 31.2 Å². The highest BCUT2D eigenvalue weighted by Gasteiger charge is 2.18. The van der Waals surface area contributed by atoms with Gasteiger partial charge in [0.25, 0.3) is 11.6 Å². The summed E-state index contributed by atoms with van der Waals surface area (Å²) in [6.45, 7) is 2.71. The predicted octanol–water partition coefficient (Wildman–Crippen LogP) is 3.15. The quantitative estimate of drug-likeness (QED) is 0.653. The number of hydrogen-bond acceptors (Lipinski definition) is 4. The third-order valence-electron chi connectivity index (χ3n) is 3.92. The molecular formula is C18H21N3O3. The van der Waals surface area contributed by atoms with Crippen molar-refractivity contribution in [1.29, 1.82) is 0 Å². The van der Waals surface area contributed by atoms with E-state index in [0.29, 0.717) is 17.8 Å². The second-order valence-electron chi connectivity index (χ2n) is 5.56. The maximum absolute atomic E-state index is 12.1. The van der Waals surface area contributed by atoms with E-state index in [2.05, 4.69) is 36.5 Å². The van der Waals surface area contributed by atoms with E-state index in [-0.39, 0.29) is 11.6 Å². The Labute approximate surface area is 141 Å². The van der Waals surface area contributed by atoms with Crippen molar-refractivity contribution in [1.82, 2.24) is 5.32 Å².